The second-order valence-corrected chi connectivity index (χ2v) is 6.28. The number of halogens is 3. The van der Waals surface area contributed by atoms with Crippen molar-refractivity contribution in [3.05, 3.63) is 59.9 Å². The third kappa shape index (κ3) is 3.08. The van der Waals surface area contributed by atoms with E-state index in [1.54, 1.807) is 6.07 Å². The molecule has 0 saturated heterocycles. The highest BCUT2D eigenvalue weighted by atomic mass is 32.2. The van der Waals surface area contributed by atoms with Gasteiger partial charge < -0.3 is 4.52 Å². The Morgan fingerprint density at radius 3 is 2.25 bits per heavy atom. The SMILES string of the molecule is O=S(=O)(Nc1noc(-c2cc(F)c(F)c(F)c2)n1)c1ccccc1. The smallest absolute Gasteiger partial charge is 0.277 e. The molecule has 6 nitrogen and oxygen atoms in total. The molecule has 0 aliphatic heterocycles. The maximum Gasteiger partial charge on any atom is 0.277 e. The molecule has 2 aromatic carbocycles. The molecule has 0 saturated carbocycles. The van der Waals surface area contributed by atoms with Crippen LogP contribution in [0.2, 0.25) is 0 Å². The Labute approximate surface area is 134 Å². The van der Waals surface area contributed by atoms with Crippen molar-refractivity contribution in [1.82, 2.24) is 10.1 Å². The predicted molar refractivity (Wildman–Crippen MR) is 76.9 cm³/mol. The van der Waals surface area contributed by atoms with E-state index < -0.39 is 33.4 Å². The molecule has 0 spiro atoms. The number of benzene rings is 2. The largest absolute Gasteiger partial charge is 0.332 e. The maximum absolute atomic E-state index is 13.2. The first-order valence-corrected chi connectivity index (χ1v) is 7.91. The number of sulfonamides is 1. The number of hydrogen-bond acceptors (Lipinski definition) is 5. The molecule has 24 heavy (non-hydrogen) atoms. The average Bonchev–Trinajstić information content (AvgIpc) is 3.01. The normalized spacial score (nSPS) is 11.5. The first-order valence-electron chi connectivity index (χ1n) is 6.43. The molecule has 0 fully saturated rings. The third-order valence-electron chi connectivity index (χ3n) is 2.94. The summed E-state index contributed by atoms with van der Waals surface area (Å²) in [5.74, 6) is -5.31. The summed E-state index contributed by atoms with van der Waals surface area (Å²) in [6, 6.07) is 8.72. The zero-order valence-electron chi connectivity index (χ0n) is 11.7. The molecule has 1 aromatic heterocycles. The van der Waals surface area contributed by atoms with Gasteiger partial charge in [-0.1, -0.05) is 18.2 Å². The van der Waals surface area contributed by atoms with E-state index in [2.05, 4.69) is 14.9 Å². The van der Waals surface area contributed by atoms with E-state index in [4.69, 9.17) is 4.52 Å². The van der Waals surface area contributed by atoms with Crippen LogP contribution in [0.1, 0.15) is 0 Å². The molecule has 0 amide bonds. The second-order valence-electron chi connectivity index (χ2n) is 4.60. The molecule has 10 heteroatoms. The third-order valence-corrected chi connectivity index (χ3v) is 4.28. The molecule has 124 valence electrons. The average molecular weight is 355 g/mol. The summed E-state index contributed by atoms with van der Waals surface area (Å²) in [6.07, 6.45) is 0. The van der Waals surface area contributed by atoms with Gasteiger partial charge in [0.2, 0.25) is 0 Å². The Bertz CT molecular complexity index is 968. The molecule has 3 rings (SSSR count). The molecule has 0 aliphatic rings. The minimum Gasteiger partial charge on any atom is -0.332 e. The molecule has 0 unspecified atom stereocenters. The van der Waals surface area contributed by atoms with Crippen LogP contribution in [0.4, 0.5) is 19.1 Å². The summed E-state index contributed by atoms with van der Waals surface area (Å²) in [6.45, 7) is 0. The molecule has 0 radical (unpaired) electrons. The summed E-state index contributed by atoms with van der Waals surface area (Å²) in [5, 5.41) is 3.37. The van der Waals surface area contributed by atoms with E-state index in [1.807, 2.05) is 0 Å². The monoisotopic (exact) mass is 355 g/mol. The highest BCUT2D eigenvalue weighted by Crippen LogP contribution is 2.24. The lowest BCUT2D eigenvalue weighted by atomic mass is 10.2. The Morgan fingerprint density at radius 2 is 1.62 bits per heavy atom. The minimum absolute atomic E-state index is 0.0322. The lowest BCUT2D eigenvalue weighted by Gasteiger charge is -2.02. The van der Waals surface area contributed by atoms with Gasteiger partial charge >= 0.3 is 0 Å². The molecule has 1 heterocycles. The van der Waals surface area contributed by atoms with Gasteiger partial charge in [-0.15, -0.1) is 0 Å². The van der Waals surface area contributed by atoms with Crippen molar-refractivity contribution in [2.24, 2.45) is 0 Å². The van der Waals surface area contributed by atoms with E-state index in [-0.39, 0.29) is 16.3 Å². The Kier molecular flexibility index (Phi) is 3.97. The van der Waals surface area contributed by atoms with Crippen molar-refractivity contribution in [2.75, 3.05) is 4.72 Å². The second kappa shape index (κ2) is 5.96. The highest BCUT2D eigenvalue weighted by molar-refractivity contribution is 7.92. The summed E-state index contributed by atoms with van der Waals surface area (Å²) in [4.78, 5) is 3.65. The Hall–Kier alpha value is -2.88. The molecule has 0 atom stereocenters. The zero-order chi connectivity index (χ0) is 17.3. The van der Waals surface area contributed by atoms with Crippen LogP contribution in [-0.4, -0.2) is 18.6 Å². The number of hydrogen-bond donors (Lipinski definition) is 1. The van der Waals surface area contributed by atoms with Gasteiger partial charge in [-0.3, -0.25) is 0 Å². The first kappa shape index (κ1) is 16.0. The standard InChI is InChI=1S/C14H8F3N3O3S/c15-10-6-8(7-11(16)12(10)17)13-18-14(19-23-13)20-24(21,22)9-4-2-1-3-5-9/h1-7H,(H,19,20). The zero-order valence-corrected chi connectivity index (χ0v) is 12.5. The molecule has 0 aliphatic carbocycles. The lowest BCUT2D eigenvalue weighted by molar-refractivity contribution is 0.427. The van der Waals surface area contributed by atoms with Crippen LogP contribution in [-0.2, 0) is 10.0 Å². The van der Waals surface area contributed by atoms with Crippen LogP contribution in [0.3, 0.4) is 0 Å². The number of aromatic nitrogens is 2. The minimum atomic E-state index is -3.95. The molecule has 3 aromatic rings. The van der Waals surface area contributed by atoms with Crippen LogP contribution < -0.4 is 4.72 Å². The van der Waals surface area contributed by atoms with E-state index in [0.717, 1.165) is 0 Å². The van der Waals surface area contributed by atoms with E-state index in [0.29, 0.717) is 12.1 Å². The van der Waals surface area contributed by atoms with Crippen LogP contribution in [0, 0.1) is 17.5 Å². The van der Waals surface area contributed by atoms with Crippen LogP contribution in [0.15, 0.2) is 51.9 Å². The van der Waals surface area contributed by atoms with E-state index in [1.165, 1.54) is 24.3 Å². The van der Waals surface area contributed by atoms with Gasteiger partial charge in [-0.2, -0.15) is 4.98 Å². The number of nitrogens with one attached hydrogen (secondary N) is 1. The summed E-state index contributed by atoms with van der Waals surface area (Å²) < 4.78 is 70.3. The quantitative estimate of drug-likeness (QED) is 0.728. The van der Waals surface area contributed by atoms with Gasteiger partial charge in [0.1, 0.15) is 0 Å². The Balaban J connectivity index is 1.89. The van der Waals surface area contributed by atoms with Crippen molar-refractivity contribution >= 4 is 16.0 Å². The number of rotatable bonds is 4. The number of nitrogens with zero attached hydrogens (tertiary/aromatic N) is 2. The number of anilines is 1. The lowest BCUT2D eigenvalue weighted by Crippen LogP contribution is -2.13. The van der Waals surface area contributed by atoms with Gasteiger partial charge in [0.25, 0.3) is 21.9 Å². The molecule has 1 N–H and O–H groups in total. The van der Waals surface area contributed by atoms with Crippen molar-refractivity contribution in [2.45, 2.75) is 4.90 Å². The van der Waals surface area contributed by atoms with Crippen molar-refractivity contribution in [1.29, 1.82) is 0 Å². The molecular weight excluding hydrogens is 347 g/mol. The van der Waals surface area contributed by atoms with E-state index >= 15 is 0 Å². The van der Waals surface area contributed by atoms with Gasteiger partial charge in [-0.05, 0) is 29.4 Å². The van der Waals surface area contributed by atoms with Crippen LogP contribution >= 0.6 is 0 Å². The van der Waals surface area contributed by atoms with Crippen LogP contribution in [0.5, 0.6) is 0 Å². The van der Waals surface area contributed by atoms with Gasteiger partial charge in [0.15, 0.2) is 17.5 Å². The van der Waals surface area contributed by atoms with Gasteiger partial charge in [0, 0.05) is 5.56 Å². The molecular formula is C14H8F3N3O3S. The Morgan fingerprint density at radius 1 is 1.00 bits per heavy atom. The van der Waals surface area contributed by atoms with Gasteiger partial charge in [0.05, 0.1) is 4.90 Å². The van der Waals surface area contributed by atoms with Crippen molar-refractivity contribution in [3.63, 3.8) is 0 Å². The van der Waals surface area contributed by atoms with Crippen molar-refractivity contribution < 1.29 is 26.1 Å². The van der Waals surface area contributed by atoms with E-state index in [9.17, 15) is 21.6 Å². The summed E-state index contributed by atoms with van der Waals surface area (Å²) >= 11 is 0. The highest BCUT2D eigenvalue weighted by Gasteiger charge is 2.19. The fourth-order valence-electron chi connectivity index (χ4n) is 1.84. The predicted octanol–water partition coefficient (Wildman–Crippen LogP) is 2.95. The first-order chi connectivity index (χ1) is 11.4. The fraction of sp³-hybridized carbons (Fsp3) is 0. The maximum atomic E-state index is 13.2. The van der Waals surface area contributed by atoms with Crippen molar-refractivity contribution in [3.8, 4) is 11.5 Å². The fourth-order valence-corrected chi connectivity index (χ4v) is 2.80. The summed E-state index contributed by atoms with van der Waals surface area (Å²) in [7, 11) is -3.95. The van der Waals surface area contributed by atoms with Crippen LogP contribution in [0.25, 0.3) is 11.5 Å². The summed E-state index contributed by atoms with van der Waals surface area (Å²) in [5.41, 5.74) is -0.232. The topological polar surface area (TPSA) is 85.1 Å². The van der Waals surface area contributed by atoms with Gasteiger partial charge in [-0.25, -0.2) is 26.3 Å². The molecule has 0 bridgehead atoms.